The van der Waals surface area contributed by atoms with Crippen LogP contribution in [-0.4, -0.2) is 65.7 Å². The Morgan fingerprint density at radius 1 is 0.970 bits per heavy atom. The molecule has 1 saturated heterocycles. The van der Waals surface area contributed by atoms with Crippen molar-refractivity contribution in [2.24, 2.45) is 0 Å². The number of nitrogens with one attached hydrogen (secondary N) is 2. The van der Waals surface area contributed by atoms with Crippen LogP contribution in [-0.2, 0) is 0 Å². The first kappa shape index (κ1) is 25.0. The highest BCUT2D eigenvalue weighted by molar-refractivity contribution is 6.29. The number of benzene rings is 1. The molecule has 1 fully saturated rings. The minimum atomic E-state index is 0.474. The Balaban J connectivity index is 0.00000149. The van der Waals surface area contributed by atoms with Crippen molar-refractivity contribution >= 4 is 40.0 Å². The minimum Gasteiger partial charge on any atom is -0.384 e. The summed E-state index contributed by atoms with van der Waals surface area (Å²) in [5.41, 5.74) is 3.35. The van der Waals surface area contributed by atoms with Gasteiger partial charge in [-0.25, -0.2) is 4.98 Å². The summed E-state index contributed by atoms with van der Waals surface area (Å²) in [6.45, 7) is 14.9. The molecule has 178 valence electrons. The highest BCUT2D eigenvalue weighted by Gasteiger charge is 2.18. The third-order valence-electron chi connectivity index (χ3n) is 5.66. The summed E-state index contributed by atoms with van der Waals surface area (Å²) in [6, 6.07) is 10.2. The first-order valence-corrected chi connectivity index (χ1v) is 12.3. The maximum atomic E-state index is 6.27. The van der Waals surface area contributed by atoms with Crippen molar-refractivity contribution in [3.8, 4) is 0 Å². The van der Waals surface area contributed by atoms with Gasteiger partial charge >= 0.3 is 0 Å². The molecule has 0 radical (unpaired) electrons. The number of halogens is 1. The molecule has 1 aliphatic heterocycles. The number of aromatic nitrogens is 3. The van der Waals surface area contributed by atoms with E-state index in [1.807, 2.05) is 26.1 Å². The normalized spacial score (nSPS) is 14.0. The smallest absolute Gasteiger partial charge is 0.228 e. The van der Waals surface area contributed by atoms with Crippen LogP contribution in [0.25, 0.3) is 10.9 Å². The van der Waals surface area contributed by atoms with Gasteiger partial charge in [0.25, 0.3) is 0 Å². The first-order valence-electron chi connectivity index (χ1n) is 12.0. The zero-order valence-corrected chi connectivity index (χ0v) is 21.0. The van der Waals surface area contributed by atoms with E-state index >= 15 is 0 Å². The largest absolute Gasteiger partial charge is 0.384 e. The molecule has 1 aliphatic rings. The number of likely N-dealkylation sites (N-methyl/N-ethyl adjacent to an activating group) is 1. The van der Waals surface area contributed by atoms with E-state index in [1.165, 1.54) is 5.56 Å². The molecule has 3 heterocycles. The van der Waals surface area contributed by atoms with Crippen LogP contribution in [0.4, 0.5) is 17.5 Å². The van der Waals surface area contributed by atoms with E-state index < -0.39 is 0 Å². The topological polar surface area (TPSA) is 69.2 Å². The van der Waals surface area contributed by atoms with Crippen molar-refractivity contribution in [2.45, 2.75) is 34.1 Å². The standard InChI is InChI=1S/C23H30ClN7.C2H6/c1-3-30-11-13-31(14-12-30)23-28-21(24)16-22(29-23)27-9-4-8-25-19-7-10-26-20-15-17(2)5-6-18(19)20;1-2/h5-7,10,15-16H,3-4,8-9,11-14H2,1-2H3,(H,25,26)(H,27,28,29);1-2H3. The summed E-state index contributed by atoms with van der Waals surface area (Å²) in [6.07, 6.45) is 2.80. The summed E-state index contributed by atoms with van der Waals surface area (Å²) < 4.78 is 0. The van der Waals surface area contributed by atoms with Crippen molar-refractivity contribution in [1.29, 1.82) is 0 Å². The van der Waals surface area contributed by atoms with Gasteiger partial charge in [0.1, 0.15) is 11.0 Å². The molecule has 0 saturated carbocycles. The molecular weight excluding hydrogens is 434 g/mol. The minimum absolute atomic E-state index is 0.474. The number of rotatable bonds is 8. The lowest BCUT2D eigenvalue weighted by atomic mass is 10.1. The van der Waals surface area contributed by atoms with Crippen molar-refractivity contribution < 1.29 is 0 Å². The molecule has 3 aromatic rings. The van der Waals surface area contributed by atoms with E-state index in [9.17, 15) is 0 Å². The van der Waals surface area contributed by atoms with E-state index in [4.69, 9.17) is 11.6 Å². The van der Waals surface area contributed by atoms with E-state index in [2.05, 4.69) is 67.4 Å². The average Bonchev–Trinajstić information content (AvgIpc) is 2.84. The molecule has 8 heteroatoms. The lowest BCUT2D eigenvalue weighted by Crippen LogP contribution is -2.46. The summed E-state index contributed by atoms with van der Waals surface area (Å²) in [4.78, 5) is 18.2. The van der Waals surface area contributed by atoms with Crippen molar-refractivity contribution in [3.05, 3.63) is 47.2 Å². The van der Waals surface area contributed by atoms with Crippen molar-refractivity contribution in [3.63, 3.8) is 0 Å². The lowest BCUT2D eigenvalue weighted by molar-refractivity contribution is 0.270. The third-order valence-corrected chi connectivity index (χ3v) is 5.85. The number of pyridine rings is 1. The summed E-state index contributed by atoms with van der Waals surface area (Å²) >= 11 is 6.27. The quantitative estimate of drug-likeness (QED) is 0.352. The van der Waals surface area contributed by atoms with E-state index in [0.717, 1.165) is 74.6 Å². The van der Waals surface area contributed by atoms with Crippen LogP contribution in [0.2, 0.25) is 5.15 Å². The molecule has 0 aliphatic carbocycles. The van der Waals surface area contributed by atoms with Crippen LogP contribution in [0.3, 0.4) is 0 Å². The lowest BCUT2D eigenvalue weighted by Gasteiger charge is -2.34. The number of hydrogen-bond donors (Lipinski definition) is 2. The van der Waals surface area contributed by atoms with E-state index in [0.29, 0.717) is 11.1 Å². The van der Waals surface area contributed by atoms with Gasteiger partial charge in [0.15, 0.2) is 0 Å². The van der Waals surface area contributed by atoms with Crippen LogP contribution in [0.15, 0.2) is 36.5 Å². The Kier molecular flexibility index (Phi) is 9.51. The molecule has 0 spiro atoms. The highest BCUT2D eigenvalue weighted by atomic mass is 35.5. The SMILES string of the molecule is CC.CCN1CCN(c2nc(Cl)cc(NCCCNc3ccnc4cc(C)ccc34)n2)CC1. The van der Waals surface area contributed by atoms with Gasteiger partial charge in [-0.1, -0.05) is 44.5 Å². The molecule has 0 atom stereocenters. The Hall–Kier alpha value is -2.64. The number of hydrogen-bond acceptors (Lipinski definition) is 7. The fourth-order valence-corrected chi connectivity index (χ4v) is 4.02. The van der Waals surface area contributed by atoms with Gasteiger partial charge in [-0.05, 0) is 37.6 Å². The molecule has 7 nitrogen and oxygen atoms in total. The van der Waals surface area contributed by atoms with Gasteiger partial charge in [-0.3, -0.25) is 4.98 Å². The second kappa shape index (κ2) is 12.6. The van der Waals surface area contributed by atoms with Crippen LogP contribution >= 0.6 is 11.6 Å². The second-order valence-electron chi connectivity index (χ2n) is 7.88. The molecule has 0 unspecified atom stereocenters. The molecule has 33 heavy (non-hydrogen) atoms. The molecule has 2 aromatic heterocycles. The molecular formula is C25H36ClN7. The monoisotopic (exact) mass is 469 g/mol. The predicted molar refractivity (Wildman–Crippen MR) is 141 cm³/mol. The highest BCUT2D eigenvalue weighted by Crippen LogP contribution is 2.22. The van der Waals surface area contributed by atoms with E-state index in [1.54, 1.807) is 6.07 Å². The van der Waals surface area contributed by atoms with Crippen LogP contribution < -0.4 is 15.5 Å². The first-order chi connectivity index (χ1) is 16.1. The van der Waals surface area contributed by atoms with Crippen LogP contribution in [0, 0.1) is 6.92 Å². The van der Waals surface area contributed by atoms with Gasteiger partial charge < -0.3 is 20.4 Å². The fraction of sp³-hybridized carbons (Fsp3) is 0.480. The number of fused-ring (bicyclic) bond motifs is 1. The summed E-state index contributed by atoms with van der Waals surface area (Å²) in [7, 11) is 0. The maximum absolute atomic E-state index is 6.27. The Morgan fingerprint density at radius 2 is 1.73 bits per heavy atom. The zero-order valence-electron chi connectivity index (χ0n) is 20.2. The van der Waals surface area contributed by atoms with Crippen LogP contribution in [0.5, 0.6) is 0 Å². The van der Waals surface area contributed by atoms with Crippen molar-refractivity contribution in [2.75, 3.05) is 61.3 Å². The number of aryl methyl sites for hydroxylation is 1. The second-order valence-corrected chi connectivity index (χ2v) is 8.27. The fourth-order valence-electron chi connectivity index (χ4n) is 3.84. The molecule has 0 amide bonds. The number of nitrogens with zero attached hydrogens (tertiary/aromatic N) is 5. The van der Waals surface area contributed by atoms with Gasteiger partial charge in [0.2, 0.25) is 5.95 Å². The number of anilines is 3. The van der Waals surface area contributed by atoms with Crippen molar-refractivity contribution in [1.82, 2.24) is 19.9 Å². The third kappa shape index (κ3) is 6.92. The van der Waals surface area contributed by atoms with Gasteiger partial charge in [-0.2, -0.15) is 4.98 Å². The van der Waals surface area contributed by atoms with E-state index in [-0.39, 0.29) is 0 Å². The Morgan fingerprint density at radius 3 is 2.48 bits per heavy atom. The number of piperazine rings is 1. The maximum Gasteiger partial charge on any atom is 0.228 e. The Labute approximate surface area is 202 Å². The zero-order chi connectivity index (χ0) is 23.6. The van der Waals surface area contributed by atoms with Gasteiger partial charge in [-0.15, -0.1) is 0 Å². The van der Waals surface area contributed by atoms with Crippen LogP contribution in [0.1, 0.15) is 32.8 Å². The molecule has 2 N–H and O–H groups in total. The molecule has 0 bridgehead atoms. The summed E-state index contributed by atoms with van der Waals surface area (Å²) in [5.74, 6) is 1.49. The average molecular weight is 470 g/mol. The Bertz CT molecular complexity index is 1020. The summed E-state index contributed by atoms with van der Waals surface area (Å²) in [5, 5.41) is 8.54. The predicted octanol–water partition coefficient (Wildman–Crippen LogP) is 5.07. The molecule has 1 aromatic carbocycles. The van der Waals surface area contributed by atoms with Gasteiger partial charge in [0, 0.05) is 62.6 Å². The van der Waals surface area contributed by atoms with Gasteiger partial charge in [0.05, 0.1) is 5.52 Å². The molecule has 4 rings (SSSR count).